The molecule has 2 aromatic heterocycles. The molecule has 2 rings (SSSR count). The molecule has 0 fully saturated rings. The molecule has 0 amide bonds. The number of aromatic nitrogens is 3. The van der Waals surface area contributed by atoms with E-state index in [1.165, 1.54) is 11.5 Å². The maximum absolute atomic E-state index is 5.97. The van der Waals surface area contributed by atoms with Gasteiger partial charge in [-0.1, -0.05) is 13.3 Å². The van der Waals surface area contributed by atoms with E-state index < -0.39 is 0 Å². The van der Waals surface area contributed by atoms with Crippen LogP contribution in [0.4, 0.5) is 5.82 Å². The lowest BCUT2D eigenvalue weighted by Crippen LogP contribution is -2.29. The van der Waals surface area contributed by atoms with Crippen LogP contribution >= 0.6 is 11.5 Å². The van der Waals surface area contributed by atoms with Crippen LogP contribution in [0.1, 0.15) is 25.5 Å². The summed E-state index contributed by atoms with van der Waals surface area (Å²) in [6.45, 7) is 4.84. The number of anilines is 1. The number of nitrogens with one attached hydrogen (secondary N) is 1. The molecule has 0 aliphatic rings. The first-order valence-electron chi connectivity index (χ1n) is 5.78. The van der Waals surface area contributed by atoms with Crippen molar-refractivity contribution in [1.29, 1.82) is 0 Å². The van der Waals surface area contributed by atoms with Gasteiger partial charge in [-0.05, 0) is 24.9 Å². The fourth-order valence-electron chi connectivity index (χ4n) is 1.76. The minimum atomic E-state index is 0.164. The molecule has 1 atom stereocenters. The van der Waals surface area contributed by atoms with Gasteiger partial charge in [0.05, 0.1) is 11.1 Å². The monoisotopic (exact) mass is 251 g/mol. The van der Waals surface area contributed by atoms with Crippen molar-refractivity contribution in [2.75, 3.05) is 11.9 Å². The minimum absolute atomic E-state index is 0.164. The molecule has 2 heterocycles. The molecular weight excluding hydrogens is 234 g/mol. The highest BCUT2D eigenvalue weighted by Gasteiger charge is 2.10. The quantitative estimate of drug-likeness (QED) is 0.849. The first-order chi connectivity index (χ1) is 8.22. The molecule has 6 heteroatoms. The Hall–Kier alpha value is -1.27. The lowest BCUT2D eigenvalue weighted by molar-refractivity contribution is 0.626. The van der Waals surface area contributed by atoms with Crippen molar-refractivity contribution in [2.24, 2.45) is 5.73 Å². The second kappa shape index (κ2) is 5.37. The van der Waals surface area contributed by atoms with Crippen LogP contribution in [0.15, 0.2) is 6.33 Å². The van der Waals surface area contributed by atoms with Crippen LogP contribution in [0.25, 0.3) is 10.2 Å². The molecular formula is C11H17N5S. The Morgan fingerprint density at radius 2 is 2.29 bits per heavy atom. The third-order valence-electron chi connectivity index (χ3n) is 2.63. The van der Waals surface area contributed by atoms with E-state index >= 15 is 0 Å². The second-order valence-corrected chi connectivity index (χ2v) is 4.85. The van der Waals surface area contributed by atoms with Crippen LogP contribution in [0.5, 0.6) is 0 Å². The molecule has 0 spiro atoms. The fraction of sp³-hybridized carbons (Fsp3) is 0.545. The van der Waals surface area contributed by atoms with Crippen molar-refractivity contribution in [2.45, 2.75) is 32.7 Å². The third-order valence-corrected chi connectivity index (χ3v) is 3.48. The summed E-state index contributed by atoms with van der Waals surface area (Å²) in [5.41, 5.74) is 6.94. The normalized spacial score (nSPS) is 12.9. The van der Waals surface area contributed by atoms with E-state index in [1.807, 2.05) is 6.92 Å². The molecule has 0 saturated carbocycles. The van der Waals surface area contributed by atoms with Gasteiger partial charge in [-0.15, -0.1) is 0 Å². The number of nitrogens with zero attached hydrogens (tertiary/aromatic N) is 3. The number of nitrogens with two attached hydrogens (primary N) is 1. The van der Waals surface area contributed by atoms with Gasteiger partial charge in [-0.25, -0.2) is 9.97 Å². The molecule has 92 valence electrons. The van der Waals surface area contributed by atoms with Crippen LogP contribution in [0.3, 0.4) is 0 Å². The average Bonchev–Trinajstić information content (AvgIpc) is 2.70. The molecule has 1 unspecified atom stereocenters. The molecule has 0 aliphatic heterocycles. The predicted octanol–water partition coefficient (Wildman–Crippen LogP) is 1.93. The molecule has 5 nitrogen and oxygen atoms in total. The van der Waals surface area contributed by atoms with Crippen molar-refractivity contribution in [3.63, 3.8) is 0 Å². The zero-order valence-corrected chi connectivity index (χ0v) is 10.9. The standard InChI is InChI=1S/C11H17N5S/c1-3-4-8(12)5-13-10-9-7(2)16-17-11(9)15-6-14-10/h6,8H,3-5,12H2,1-2H3,(H,13,14,15). The SMILES string of the molecule is CCCC(N)CNc1ncnc2snc(C)c12. The Labute approximate surface area is 105 Å². The number of hydrogen-bond acceptors (Lipinski definition) is 6. The summed E-state index contributed by atoms with van der Waals surface area (Å²) >= 11 is 1.40. The van der Waals surface area contributed by atoms with Crippen LogP contribution in [-0.2, 0) is 0 Å². The molecule has 0 saturated heterocycles. The highest BCUT2D eigenvalue weighted by Crippen LogP contribution is 2.25. The van der Waals surface area contributed by atoms with Gasteiger partial charge in [0.15, 0.2) is 0 Å². The van der Waals surface area contributed by atoms with Crippen LogP contribution in [0, 0.1) is 6.92 Å². The summed E-state index contributed by atoms with van der Waals surface area (Å²) in [5.74, 6) is 0.841. The van der Waals surface area contributed by atoms with Gasteiger partial charge in [0.2, 0.25) is 0 Å². The second-order valence-electron chi connectivity index (χ2n) is 4.10. The van der Waals surface area contributed by atoms with E-state index in [-0.39, 0.29) is 6.04 Å². The highest BCUT2D eigenvalue weighted by molar-refractivity contribution is 7.13. The van der Waals surface area contributed by atoms with E-state index in [9.17, 15) is 0 Å². The third kappa shape index (κ3) is 2.70. The van der Waals surface area contributed by atoms with E-state index in [1.54, 1.807) is 6.33 Å². The van der Waals surface area contributed by atoms with Crippen molar-refractivity contribution in [1.82, 2.24) is 14.3 Å². The summed E-state index contributed by atoms with van der Waals surface area (Å²) in [5, 5.41) is 4.30. The van der Waals surface area contributed by atoms with Gasteiger partial charge >= 0.3 is 0 Å². The predicted molar refractivity (Wildman–Crippen MR) is 71.3 cm³/mol. The number of fused-ring (bicyclic) bond motifs is 1. The van der Waals surface area contributed by atoms with Gasteiger partial charge < -0.3 is 11.1 Å². The molecule has 3 N–H and O–H groups in total. The van der Waals surface area contributed by atoms with Gasteiger partial charge in [0, 0.05) is 12.6 Å². The van der Waals surface area contributed by atoms with Crippen molar-refractivity contribution in [3.8, 4) is 0 Å². The molecule has 2 aromatic rings. The number of rotatable bonds is 5. The Morgan fingerprint density at radius 3 is 3.06 bits per heavy atom. The zero-order chi connectivity index (χ0) is 12.3. The summed E-state index contributed by atoms with van der Waals surface area (Å²) in [6.07, 6.45) is 3.68. The summed E-state index contributed by atoms with van der Waals surface area (Å²) in [7, 11) is 0. The first-order valence-corrected chi connectivity index (χ1v) is 6.56. The maximum Gasteiger partial charge on any atom is 0.149 e. The summed E-state index contributed by atoms with van der Waals surface area (Å²) in [6, 6.07) is 0.164. The first kappa shape index (κ1) is 12.2. The molecule has 0 radical (unpaired) electrons. The van der Waals surface area contributed by atoms with E-state index in [0.717, 1.165) is 41.1 Å². The lowest BCUT2D eigenvalue weighted by atomic mass is 10.2. The van der Waals surface area contributed by atoms with Gasteiger partial charge in [-0.2, -0.15) is 4.37 Å². The Balaban J connectivity index is 2.15. The molecule has 17 heavy (non-hydrogen) atoms. The van der Waals surface area contributed by atoms with Crippen LogP contribution < -0.4 is 11.1 Å². The van der Waals surface area contributed by atoms with Gasteiger partial charge in [-0.3, -0.25) is 0 Å². The average molecular weight is 251 g/mol. The topological polar surface area (TPSA) is 76.7 Å². The van der Waals surface area contributed by atoms with Gasteiger partial charge in [0.1, 0.15) is 17.0 Å². The smallest absolute Gasteiger partial charge is 0.149 e. The molecule has 0 aromatic carbocycles. The fourth-order valence-corrected chi connectivity index (χ4v) is 2.50. The molecule has 0 bridgehead atoms. The summed E-state index contributed by atoms with van der Waals surface area (Å²) < 4.78 is 4.29. The van der Waals surface area contributed by atoms with Crippen molar-refractivity contribution < 1.29 is 0 Å². The van der Waals surface area contributed by atoms with Crippen LogP contribution in [0.2, 0.25) is 0 Å². The Morgan fingerprint density at radius 1 is 1.47 bits per heavy atom. The largest absolute Gasteiger partial charge is 0.368 e. The highest BCUT2D eigenvalue weighted by atomic mass is 32.1. The van der Waals surface area contributed by atoms with E-state index in [0.29, 0.717) is 0 Å². The van der Waals surface area contributed by atoms with Crippen molar-refractivity contribution >= 4 is 27.6 Å². The zero-order valence-electron chi connectivity index (χ0n) is 10.1. The van der Waals surface area contributed by atoms with E-state index in [2.05, 4.69) is 26.6 Å². The minimum Gasteiger partial charge on any atom is -0.368 e. The Bertz CT molecular complexity index is 496. The van der Waals surface area contributed by atoms with Crippen molar-refractivity contribution in [3.05, 3.63) is 12.0 Å². The maximum atomic E-state index is 5.97. The lowest BCUT2D eigenvalue weighted by Gasteiger charge is -2.12. The number of hydrogen-bond donors (Lipinski definition) is 2. The van der Waals surface area contributed by atoms with Gasteiger partial charge in [0.25, 0.3) is 0 Å². The Kier molecular flexibility index (Phi) is 3.86. The summed E-state index contributed by atoms with van der Waals surface area (Å²) in [4.78, 5) is 9.38. The van der Waals surface area contributed by atoms with E-state index in [4.69, 9.17) is 5.73 Å². The van der Waals surface area contributed by atoms with Crippen LogP contribution in [-0.4, -0.2) is 26.9 Å². The number of aryl methyl sites for hydroxylation is 1. The molecule has 0 aliphatic carbocycles.